The maximum atomic E-state index is 12.0. The summed E-state index contributed by atoms with van der Waals surface area (Å²) < 4.78 is 0. The van der Waals surface area contributed by atoms with Crippen molar-refractivity contribution >= 4 is 5.91 Å². The Hall–Kier alpha value is -1.55. The molecule has 2 aliphatic carbocycles. The van der Waals surface area contributed by atoms with Crippen LogP contribution in [0.3, 0.4) is 0 Å². The molecular formula is C11H13N3O. The van der Waals surface area contributed by atoms with Crippen molar-refractivity contribution in [3.05, 3.63) is 0 Å². The van der Waals surface area contributed by atoms with Gasteiger partial charge in [0.1, 0.15) is 5.41 Å². The van der Waals surface area contributed by atoms with Gasteiger partial charge in [-0.25, -0.2) is 0 Å². The third-order valence-electron chi connectivity index (χ3n) is 3.09. The molecule has 4 nitrogen and oxygen atoms in total. The molecule has 2 rings (SSSR count). The second kappa shape index (κ2) is 3.55. The van der Waals surface area contributed by atoms with Gasteiger partial charge >= 0.3 is 0 Å². The molecule has 1 amide bonds. The molecule has 0 aliphatic heterocycles. The molecule has 0 atom stereocenters. The molecule has 0 bridgehead atoms. The molecule has 0 aromatic heterocycles. The summed E-state index contributed by atoms with van der Waals surface area (Å²) >= 11 is 0. The minimum atomic E-state index is -0.724. The fraction of sp³-hybridized carbons (Fsp3) is 0.727. The third-order valence-corrected chi connectivity index (χ3v) is 3.09. The van der Waals surface area contributed by atoms with Gasteiger partial charge < -0.3 is 4.90 Å². The first-order valence-corrected chi connectivity index (χ1v) is 5.33. The lowest BCUT2D eigenvalue weighted by atomic mass is 10.1. The lowest BCUT2D eigenvalue weighted by Crippen LogP contribution is -2.39. The maximum absolute atomic E-state index is 12.0. The van der Waals surface area contributed by atoms with Gasteiger partial charge in [0, 0.05) is 12.6 Å². The van der Waals surface area contributed by atoms with Crippen molar-refractivity contribution in [2.24, 2.45) is 5.41 Å². The summed E-state index contributed by atoms with van der Waals surface area (Å²) in [5.41, 5.74) is -0.724. The summed E-state index contributed by atoms with van der Waals surface area (Å²) in [5.74, 6) is -0.0391. The second-order valence-electron chi connectivity index (χ2n) is 4.33. The molecule has 0 heterocycles. The van der Waals surface area contributed by atoms with Gasteiger partial charge in [0.25, 0.3) is 0 Å². The lowest BCUT2D eigenvalue weighted by molar-refractivity contribution is -0.135. The normalized spacial score (nSPS) is 21.2. The van der Waals surface area contributed by atoms with Crippen LogP contribution >= 0.6 is 0 Å². The highest BCUT2D eigenvalue weighted by molar-refractivity contribution is 5.88. The van der Waals surface area contributed by atoms with Gasteiger partial charge in [-0.05, 0) is 25.7 Å². The predicted octanol–water partition coefficient (Wildman–Crippen LogP) is 1.19. The Balaban J connectivity index is 2.02. The van der Waals surface area contributed by atoms with Crippen molar-refractivity contribution in [1.29, 1.82) is 10.5 Å². The molecule has 15 heavy (non-hydrogen) atoms. The number of nitrogens with zero attached hydrogens (tertiary/aromatic N) is 3. The number of hydrogen-bond donors (Lipinski definition) is 0. The predicted molar refractivity (Wildman–Crippen MR) is 52.2 cm³/mol. The van der Waals surface area contributed by atoms with E-state index in [1.807, 2.05) is 6.07 Å². The molecule has 0 spiro atoms. The Labute approximate surface area is 89.1 Å². The molecule has 0 N–H and O–H groups in total. The number of amides is 1. The highest BCUT2D eigenvalue weighted by Gasteiger charge is 2.54. The molecule has 0 unspecified atom stereocenters. The average molecular weight is 203 g/mol. The summed E-state index contributed by atoms with van der Waals surface area (Å²) in [6, 6.07) is 4.47. The van der Waals surface area contributed by atoms with Crippen molar-refractivity contribution < 1.29 is 4.79 Å². The second-order valence-corrected chi connectivity index (χ2v) is 4.33. The molecule has 0 radical (unpaired) electrons. The number of carbonyl (C=O) groups excluding carboxylic acids is 1. The van der Waals surface area contributed by atoms with Crippen LogP contribution in [-0.4, -0.2) is 23.4 Å². The summed E-state index contributed by atoms with van der Waals surface area (Å²) in [6.07, 6.45) is 3.80. The number of rotatable bonds is 4. The van der Waals surface area contributed by atoms with Crippen LogP contribution in [-0.2, 0) is 4.79 Å². The van der Waals surface area contributed by atoms with Gasteiger partial charge in [0.15, 0.2) is 0 Å². The topological polar surface area (TPSA) is 67.9 Å². The van der Waals surface area contributed by atoms with Crippen LogP contribution in [0, 0.1) is 28.1 Å². The zero-order chi connectivity index (χ0) is 10.9. The van der Waals surface area contributed by atoms with Gasteiger partial charge in [-0.15, -0.1) is 0 Å². The highest BCUT2D eigenvalue weighted by atomic mass is 16.2. The Morgan fingerprint density at radius 2 is 2.07 bits per heavy atom. The van der Waals surface area contributed by atoms with Crippen molar-refractivity contribution in [2.45, 2.75) is 38.1 Å². The molecule has 2 fully saturated rings. The van der Waals surface area contributed by atoms with Gasteiger partial charge in [0.2, 0.25) is 5.91 Å². The van der Waals surface area contributed by atoms with E-state index in [2.05, 4.69) is 6.07 Å². The van der Waals surface area contributed by atoms with Crippen LogP contribution in [0.4, 0.5) is 0 Å². The van der Waals surface area contributed by atoms with Crippen LogP contribution in [0.15, 0.2) is 0 Å². The van der Waals surface area contributed by atoms with E-state index in [1.54, 1.807) is 4.90 Å². The van der Waals surface area contributed by atoms with Crippen molar-refractivity contribution in [3.63, 3.8) is 0 Å². The van der Waals surface area contributed by atoms with Gasteiger partial charge in [-0.1, -0.05) is 0 Å². The van der Waals surface area contributed by atoms with E-state index in [0.29, 0.717) is 31.8 Å². The molecule has 0 aromatic rings. The van der Waals surface area contributed by atoms with Crippen molar-refractivity contribution in [2.75, 3.05) is 6.54 Å². The summed E-state index contributed by atoms with van der Waals surface area (Å²) in [4.78, 5) is 13.8. The molecule has 4 heteroatoms. The molecule has 0 aromatic carbocycles. The highest BCUT2D eigenvalue weighted by Crippen LogP contribution is 2.48. The quantitative estimate of drug-likeness (QED) is 0.689. The summed E-state index contributed by atoms with van der Waals surface area (Å²) in [5, 5.41) is 17.5. The first-order valence-electron chi connectivity index (χ1n) is 5.33. The molecular weight excluding hydrogens is 190 g/mol. The zero-order valence-electron chi connectivity index (χ0n) is 8.57. The van der Waals surface area contributed by atoms with Gasteiger partial charge in [-0.2, -0.15) is 10.5 Å². The zero-order valence-corrected chi connectivity index (χ0v) is 8.57. The fourth-order valence-electron chi connectivity index (χ4n) is 1.78. The fourth-order valence-corrected chi connectivity index (χ4v) is 1.78. The Kier molecular flexibility index (Phi) is 2.36. The van der Waals surface area contributed by atoms with E-state index in [9.17, 15) is 4.79 Å². The van der Waals surface area contributed by atoms with Crippen LogP contribution in [0.1, 0.15) is 32.1 Å². The number of carbonyl (C=O) groups is 1. The largest absolute Gasteiger partial charge is 0.337 e. The van der Waals surface area contributed by atoms with Gasteiger partial charge in [-0.3, -0.25) is 4.79 Å². The van der Waals surface area contributed by atoms with Crippen molar-refractivity contribution in [3.8, 4) is 12.1 Å². The monoisotopic (exact) mass is 203 g/mol. The summed E-state index contributed by atoms with van der Waals surface area (Å²) in [6.45, 7) is 0.490. The van der Waals surface area contributed by atoms with E-state index < -0.39 is 5.41 Å². The van der Waals surface area contributed by atoms with Crippen LogP contribution in [0.25, 0.3) is 0 Å². The van der Waals surface area contributed by atoms with Crippen LogP contribution in [0.2, 0.25) is 0 Å². The van der Waals surface area contributed by atoms with E-state index in [0.717, 1.165) is 12.8 Å². The SMILES string of the molecule is N#CCCN(C(=O)C1(C#N)CC1)C1CC1. The first-order chi connectivity index (χ1) is 7.23. The molecule has 78 valence electrons. The van der Waals surface area contributed by atoms with E-state index in [1.165, 1.54) is 0 Å². The molecule has 0 saturated heterocycles. The maximum Gasteiger partial charge on any atom is 0.243 e. The van der Waals surface area contributed by atoms with E-state index in [-0.39, 0.29) is 5.91 Å². The smallest absolute Gasteiger partial charge is 0.243 e. The lowest BCUT2D eigenvalue weighted by Gasteiger charge is -2.23. The Morgan fingerprint density at radius 1 is 1.40 bits per heavy atom. The van der Waals surface area contributed by atoms with E-state index in [4.69, 9.17) is 10.5 Å². The molecule has 2 aliphatic rings. The molecule has 2 saturated carbocycles. The minimum absolute atomic E-state index is 0.0391. The van der Waals surface area contributed by atoms with Crippen LogP contribution < -0.4 is 0 Å². The number of nitriles is 2. The number of hydrogen-bond acceptors (Lipinski definition) is 3. The Bertz CT molecular complexity index is 355. The first kappa shape index (κ1) is 9.98. The summed E-state index contributed by atoms with van der Waals surface area (Å²) in [7, 11) is 0. The van der Waals surface area contributed by atoms with Gasteiger partial charge in [0.05, 0.1) is 18.6 Å². The standard InChI is InChI=1S/C11H13N3O/c12-6-1-7-14(9-2-3-9)10(15)11(8-13)4-5-11/h9H,1-5,7H2. The average Bonchev–Trinajstić information content (AvgIpc) is 3.12. The third kappa shape index (κ3) is 1.80. The van der Waals surface area contributed by atoms with Crippen LogP contribution in [0.5, 0.6) is 0 Å². The minimum Gasteiger partial charge on any atom is -0.337 e. The van der Waals surface area contributed by atoms with E-state index >= 15 is 0 Å². The Morgan fingerprint density at radius 3 is 2.47 bits per heavy atom. The van der Waals surface area contributed by atoms with Crippen molar-refractivity contribution in [1.82, 2.24) is 4.90 Å².